The van der Waals surface area contributed by atoms with Crippen molar-refractivity contribution in [3.63, 3.8) is 0 Å². The van der Waals surface area contributed by atoms with Crippen molar-refractivity contribution in [2.75, 3.05) is 33.0 Å². The van der Waals surface area contributed by atoms with Gasteiger partial charge in [-0.3, -0.25) is 4.79 Å². The lowest BCUT2D eigenvalue weighted by molar-refractivity contribution is -0.125. The number of carbonyl (C=O) groups excluding carboxylic acids is 2. The molecule has 16 heavy (non-hydrogen) atoms. The Kier molecular flexibility index (Phi) is 5.58. The third-order valence-electron chi connectivity index (χ3n) is 2.23. The van der Waals surface area contributed by atoms with E-state index >= 15 is 0 Å². The molecular formula is C9H17N3O4. The van der Waals surface area contributed by atoms with Gasteiger partial charge in [0.2, 0.25) is 0 Å². The lowest BCUT2D eigenvalue weighted by Crippen LogP contribution is -2.32. The quantitative estimate of drug-likeness (QED) is 0.393. The van der Waals surface area contributed by atoms with Crippen LogP contribution in [-0.4, -0.2) is 45.0 Å². The van der Waals surface area contributed by atoms with Crippen LogP contribution in [-0.2, 0) is 14.3 Å². The monoisotopic (exact) mass is 231 g/mol. The summed E-state index contributed by atoms with van der Waals surface area (Å²) in [5.41, 5.74) is 4.70. The fourth-order valence-corrected chi connectivity index (χ4v) is 1.40. The minimum Gasteiger partial charge on any atom is -0.440 e. The maximum atomic E-state index is 11.0. The Bertz CT molecular complexity index is 241. The molecule has 0 spiro atoms. The second kappa shape index (κ2) is 7.02. The van der Waals surface area contributed by atoms with E-state index < -0.39 is 12.0 Å². The molecule has 0 aliphatic carbocycles. The lowest BCUT2D eigenvalue weighted by atomic mass is 10.1. The van der Waals surface area contributed by atoms with Gasteiger partial charge >= 0.3 is 6.09 Å². The van der Waals surface area contributed by atoms with Crippen LogP contribution in [0.25, 0.3) is 0 Å². The van der Waals surface area contributed by atoms with Crippen LogP contribution in [0, 0.1) is 5.92 Å². The van der Waals surface area contributed by atoms with Crippen molar-refractivity contribution in [2.24, 2.45) is 11.7 Å². The molecule has 7 heteroatoms. The van der Waals surface area contributed by atoms with Crippen LogP contribution >= 0.6 is 0 Å². The van der Waals surface area contributed by atoms with Gasteiger partial charge in [0.25, 0.3) is 5.91 Å². The Morgan fingerprint density at radius 3 is 2.94 bits per heavy atom. The highest BCUT2D eigenvalue weighted by Crippen LogP contribution is 2.06. The zero-order valence-electron chi connectivity index (χ0n) is 9.03. The molecule has 1 aliphatic heterocycles. The van der Waals surface area contributed by atoms with E-state index in [4.69, 9.17) is 10.5 Å². The van der Waals surface area contributed by atoms with Gasteiger partial charge < -0.3 is 25.8 Å². The summed E-state index contributed by atoms with van der Waals surface area (Å²) in [5.74, 6) is 0.0853. The van der Waals surface area contributed by atoms with Crippen molar-refractivity contribution in [1.29, 1.82) is 0 Å². The number of ether oxygens (including phenoxy) is 2. The van der Waals surface area contributed by atoms with Gasteiger partial charge in [-0.25, -0.2) is 4.79 Å². The predicted octanol–water partition coefficient (Wildman–Crippen LogP) is -1.22. The Morgan fingerprint density at radius 2 is 2.31 bits per heavy atom. The van der Waals surface area contributed by atoms with Crippen LogP contribution in [0.5, 0.6) is 0 Å². The number of nitrogens with one attached hydrogen (secondary N) is 2. The molecule has 0 saturated carbocycles. The molecular weight excluding hydrogens is 214 g/mol. The van der Waals surface area contributed by atoms with Gasteiger partial charge in [-0.2, -0.15) is 0 Å². The molecule has 1 aliphatic rings. The summed E-state index contributed by atoms with van der Waals surface area (Å²) < 4.78 is 9.55. The Labute approximate surface area is 93.6 Å². The zero-order chi connectivity index (χ0) is 11.8. The molecule has 0 aromatic carbocycles. The molecule has 1 rings (SSSR count). The number of hydrogen-bond acceptors (Lipinski definition) is 5. The maximum absolute atomic E-state index is 11.0. The summed E-state index contributed by atoms with van der Waals surface area (Å²) in [6.07, 6.45) is 0.131. The summed E-state index contributed by atoms with van der Waals surface area (Å²) in [7, 11) is 0. The van der Waals surface area contributed by atoms with E-state index in [2.05, 4.69) is 15.4 Å². The highest BCUT2D eigenvalue weighted by molar-refractivity contribution is 5.79. The Hall–Kier alpha value is -1.34. The summed E-state index contributed by atoms with van der Waals surface area (Å²) in [6.45, 7) is 2.34. The number of hydrogen-bond donors (Lipinski definition) is 3. The first-order valence-corrected chi connectivity index (χ1v) is 5.16. The van der Waals surface area contributed by atoms with Crippen molar-refractivity contribution in [2.45, 2.75) is 6.42 Å². The van der Waals surface area contributed by atoms with Gasteiger partial charge in [0, 0.05) is 6.54 Å². The van der Waals surface area contributed by atoms with Crippen molar-refractivity contribution in [3.8, 4) is 0 Å². The van der Waals surface area contributed by atoms with E-state index in [0.717, 1.165) is 19.5 Å². The maximum Gasteiger partial charge on any atom is 0.405 e. The molecule has 0 unspecified atom stereocenters. The minimum atomic E-state index is -0.965. The largest absolute Gasteiger partial charge is 0.440 e. The standard InChI is InChI=1S/C9H17N3O4/c10-9(14)16-5-8(13)12-6-15-4-7-1-2-11-3-7/h7,11H,1-6H2,(H2,10,14)(H,12,13)/t7-/m1/s1. The molecule has 0 aromatic heterocycles. The molecule has 92 valence electrons. The highest BCUT2D eigenvalue weighted by atomic mass is 16.5. The van der Waals surface area contributed by atoms with Gasteiger partial charge in [0.15, 0.2) is 6.61 Å². The molecule has 1 heterocycles. The first kappa shape index (κ1) is 12.7. The minimum absolute atomic E-state index is 0.122. The molecule has 7 nitrogen and oxygen atoms in total. The number of amides is 2. The zero-order valence-corrected chi connectivity index (χ0v) is 9.03. The summed E-state index contributed by atoms with van der Waals surface area (Å²) >= 11 is 0. The van der Waals surface area contributed by atoms with E-state index in [1.54, 1.807) is 0 Å². The van der Waals surface area contributed by atoms with Crippen LogP contribution in [0.15, 0.2) is 0 Å². The normalized spacial score (nSPS) is 19.4. The average Bonchev–Trinajstić information content (AvgIpc) is 2.74. The van der Waals surface area contributed by atoms with Gasteiger partial charge in [-0.05, 0) is 18.9 Å². The molecule has 0 radical (unpaired) electrons. The third kappa shape index (κ3) is 5.52. The van der Waals surface area contributed by atoms with E-state index in [1.165, 1.54) is 0 Å². The molecule has 1 atom stereocenters. The third-order valence-corrected chi connectivity index (χ3v) is 2.23. The topological polar surface area (TPSA) is 103 Å². The highest BCUT2D eigenvalue weighted by Gasteiger charge is 2.14. The van der Waals surface area contributed by atoms with Crippen LogP contribution < -0.4 is 16.4 Å². The predicted molar refractivity (Wildman–Crippen MR) is 55.5 cm³/mol. The summed E-state index contributed by atoms with van der Waals surface area (Å²) in [4.78, 5) is 21.2. The van der Waals surface area contributed by atoms with Crippen LogP contribution in [0.3, 0.4) is 0 Å². The van der Waals surface area contributed by atoms with Crippen molar-refractivity contribution in [1.82, 2.24) is 10.6 Å². The van der Waals surface area contributed by atoms with Crippen molar-refractivity contribution >= 4 is 12.0 Å². The van der Waals surface area contributed by atoms with Crippen molar-refractivity contribution < 1.29 is 19.1 Å². The van der Waals surface area contributed by atoms with Gasteiger partial charge in [-0.15, -0.1) is 0 Å². The van der Waals surface area contributed by atoms with Gasteiger partial charge in [0.05, 0.1) is 6.61 Å². The fourth-order valence-electron chi connectivity index (χ4n) is 1.40. The van der Waals surface area contributed by atoms with Gasteiger partial charge in [0.1, 0.15) is 6.73 Å². The Morgan fingerprint density at radius 1 is 1.50 bits per heavy atom. The average molecular weight is 231 g/mol. The number of rotatable bonds is 6. The number of primary amides is 1. The number of carbonyl (C=O) groups is 2. The smallest absolute Gasteiger partial charge is 0.405 e. The Balaban J connectivity index is 1.93. The molecule has 0 bridgehead atoms. The van der Waals surface area contributed by atoms with Crippen LogP contribution in [0.4, 0.5) is 4.79 Å². The van der Waals surface area contributed by atoms with Crippen LogP contribution in [0.2, 0.25) is 0 Å². The first-order chi connectivity index (χ1) is 7.68. The molecule has 2 amide bonds. The molecule has 1 saturated heterocycles. The summed E-state index contributed by atoms with van der Waals surface area (Å²) in [5, 5.41) is 5.66. The lowest BCUT2D eigenvalue weighted by Gasteiger charge is -2.10. The first-order valence-electron chi connectivity index (χ1n) is 5.16. The number of nitrogens with two attached hydrogens (primary N) is 1. The van der Waals surface area contributed by atoms with Crippen LogP contribution in [0.1, 0.15) is 6.42 Å². The van der Waals surface area contributed by atoms with Gasteiger partial charge in [-0.1, -0.05) is 0 Å². The second-order valence-electron chi connectivity index (χ2n) is 3.58. The van der Waals surface area contributed by atoms with E-state index in [1.807, 2.05) is 0 Å². The van der Waals surface area contributed by atoms with E-state index in [9.17, 15) is 9.59 Å². The fraction of sp³-hybridized carbons (Fsp3) is 0.778. The van der Waals surface area contributed by atoms with E-state index in [-0.39, 0.29) is 13.3 Å². The molecule has 4 N–H and O–H groups in total. The second-order valence-corrected chi connectivity index (χ2v) is 3.58. The summed E-state index contributed by atoms with van der Waals surface area (Å²) in [6, 6.07) is 0. The van der Waals surface area contributed by atoms with Crippen molar-refractivity contribution in [3.05, 3.63) is 0 Å². The van der Waals surface area contributed by atoms with E-state index in [0.29, 0.717) is 12.5 Å². The molecule has 1 fully saturated rings. The molecule has 0 aromatic rings. The SMILES string of the molecule is NC(=O)OCC(=O)NCOC[C@@H]1CCNC1.